The van der Waals surface area contributed by atoms with Crippen LogP contribution in [0.25, 0.3) is 0 Å². The number of nitrogens with zero attached hydrogens (tertiary/aromatic N) is 1. The first-order valence-corrected chi connectivity index (χ1v) is 6.58. The van der Waals surface area contributed by atoms with Crippen LogP contribution in [0.4, 0.5) is 0 Å². The zero-order valence-corrected chi connectivity index (χ0v) is 12.2. The predicted octanol–water partition coefficient (Wildman–Crippen LogP) is 2.25. The second-order valence-corrected chi connectivity index (χ2v) is 7.48. The van der Waals surface area contributed by atoms with E-state index in [1.807, 2.05) is 25.7 Å². The van der Waals surface area contributed by atoms with E-state index < -0.39 is 0 Å². The lowest BCUT2D eigenvalue weighted by molar-refractivity contribution is -0.134. The Morgan fingerprint density at radius 3 is 2.12 bits per heavy atom. The molecule has 0 aromatic rings. The van der Waals surface area contributed by atoms with Crippen LogP contribution in [0.15, 0.2) is 0 Å². The maximum absolute atomic E-state index is 12.3. The van der Waals surface area contributed by atoms with E-state index >= 15 is 0 Å². The van der Waals surface area contributed by atoms with Crippen LogP contribution < -0.4 is 5.73 Å². The van der Waals surface area contributed by atoms with Gasteiger partial charge in [-0.25, -0.2) is 0 Å². The van der Waals surface area contributed by atoms with Gasteiger partial charge in [0.05, 0.1) is 6.04 Å². The van der Waals surface area contributed by atoms with Crippen molar-refractivity contribution in [2.24, 2.45) is 22.5 Å². The average molecular weight is 240 g/mol. The second kappa shape index (κ2) is 4.60. The molecule has 2 atom stereocenters. The van der Waals surface area contributed by atoms with E-state index in [1.54, 1.807) is 0 Å². The van der Waals surface area contributed by atoms with Crippen molar-refractivity contribution in [1.29, 1.82) is 0 Å². The van der Waals surface area contributed by atoms with Crippen LogP contribution in [0.5, 0.6) is 0 Å². The molecular formula is C14H28N2O. The van der Waals surface area contributed by atoms with Crippen molar-refractivity contribution in [3.8, 4) is 0 Å². The van der Waals surface area contributed by atoms with Gasteiger partial charge < -0.3 is 10.6 Å². The fourth-order valence-corrected chi connectivity index (χ4v) is 2.23. The Morgan fingerprint density at radius 1 is 1.24 bits per heavy atom. The molecule has 0 saturated carbocycles. The Hall–Kier alpha value is -0.570. The summed E-state index contributed by atoms with van der Waals surface area (Å²) < 4.78 is 0. The van der Waals surface area contributed by atoms with E-state index in [2.05, 4.69) is 20.8 Å². The smallest absolute Gasteiger partial charge is 0.240 e. The quantitative estimate of drug-likeness (QED) is 0.764. The van der Waals surface area contributed by atoms with Crippen LogP contribution in [0.1, 0.15) is 48.0 Å². The van der Waals surface area contributed by atoms with Crippen molar-refractivity contribution in [3.05, 3.63) is 0 Å². The van der Waals surface area contributed by atoms with E-state index in [0.717, 1.165) is 19.5 Å². The first-order valence-electron chi connectivity index (χ1n) is 6.58. The van der Waals surface area contributed by atoms with E-state index in [0.29, 0.717) is 5.92 Å². The van der Waals surface area contributed by atoms with Gasteiger partial charge in [-0.1, -0.05) is 41.5 Å². The first-order chi connectivity index (χ1) is 7.53. The number of carbonyl (C=O) groups excluding carboxylic acids is 1. The van der Waals surface area contributed by atoms with Gasteiger partial charge in [0.2, 0.25) is 5.91 Å². The van der Waals surface area contributed by atoms with Gasteiger partial charge in [0.15, 0.2) is 0 Å². The SMILES string of the molecule is CC(C)(C)C1CCN(C(=O)[C@H](N)C(C)(C)C)C1. The van der Waals surface area contributed by atoms with E-state index in [1.165, 1.54) is 0 Å². The fourth-order valence-electron chi connectivity index (χ4n) is 2.23. The molecule has 1 saturated heterocycles. The third kappa shape index (κ3) is 3.44. The maximum Gasteiger partial charge on any atom is 0.240 e. The molecule has 0 bridgehead atoms. The molecule has 1 heterocycles. The van der Waals surface area contributed by atoms with Crippen LogP contribution in [-0.4, -0.2) is 29.9 Å². The van der Waals surface area contributed by atoms with Crippen molar-refractivity contribution >= 4 is 5.91 Å². The molecule has 0 radical (unpaired) electrons. The highest BCUT2D eigenvalue weighted by molar-refractivity contribution is 5.82. The number of likely N-dealkylation sites (tertiary alicyclic amines) is 1. The number of nitrogens with two attached hydrogens (primary N) is 1. The molecule has 1 fully saturated rings. The monoisotopic (exact) mass is 240 g/mol. The largest absolute Gasteiger partial charge is 0.341 e. The van der Waals surface area contributed by atoms with Gasteiger partial charge in [0.25, 0.3) is 0 Å². The van der Waals surface area contributed by atoms with Gasteiger partial charge in [-0.2, -0.15) is 0 Å². The standard InChI is InChI=1S/C14H28N2O/c1-13(2,3)10-7-8-16(9-10)12(17)11(15)14(4,5)6/h10-11H,7-9,15H2,1-6H3/t10?,11-/m0/s1. The average Bonchev–Trinajstić information content (AvgIpc) is 2.61. The number of hydrogen-bond donors (Lipinski definition) is 1. The Bertz CT molecular complexity index is 286. The molecule has 3 heteroatoms. The minimum Gasteiger partial charge on any atom is -0.341 e. The van der Waals surface area contributed by atoms with E-state index in [9.17, 15) is 4.79 Å². The Balaban J connectivity index is 2.63. The molecular weight excluding hydrogens is 212 g/mol. The van der Waals surface area contributed by atoms with Gasteiger partial charge in [0.1, 0.15) is 0 Å². The summed E-state index contributed by atoms with van der Waals surface area (Å²) in [5, 5.41) is 0. The maximum atomic E-state index is 12.3. The molecule has 100 valence electrons. The number of hydrogen-bond acceptors (Lipinski definition) is 2. The van der Waals surface area contributed by atoms with Gasteiger partial charge in [0, 0.05) is 13.1 Å². The lowest BCUT2D eigenvalue weighted by Crippen LogP contribution is -2.49. The first kappa shape index (κ1) is 14.5. The summed E-state index contributed by atoms with van der Waals surface area (Å²) in [4.78, 5) is 14.2. The van der Waals surface area contributed by atoms with Crippen molar-refractivity contribution in [2.45, 2.75) is 54.0 Å². The molecule has 3 nitrogen and oxygen atoms in total. The Morgan fingerprint density at radius 2 is 1.76 bits per heavy atom. The summed E-state index contributed by atoms with van der Waals surface area (Å²) >= 11 is 0. The van der Waals surface area contributed by atoms with E-state index in [-0.39, 0.29) is 22.8 Å². The number of carbonyl (C=O) groups is 1. The zero-order chi connectivity index (χ0) is 13.4. The summed E-state index contributed by atoms with van der Waals surface area (Å²) in [7, 11) is 0. The lowest BCUT2D eigenvalue weighted by Gasteiger charge is -2.31. The van der Waals surface area contributed by atoms with Crippen LogP contribution in [0, 0.1) is 16.7 Å². The van der Waals surface area contributed by atoms with Crippen molar-refractivity contribution in [1.82, 2.24) is 4.90 Å². The second-order valence-electron chi connectivity index (χ2n) is 7.48. The highest BCUT2D eigenvalue weighted by atomic mass is 16.2. The third-order valence-electron chi connectivity index (χ3n) is 3.92. The molecule has 2 N–H and O–H groups in total. The van der Waals surface area contributed by atoms with Crippen molar-refractivity contribution in [2.75, 3.05) is 13.1 Å². The molecule has 1 aliphatic heterocycles. The van der Waals surface area contributed by atoms with Crippen LogP contribution in [-0.2, 0) is 4.79 Å². The molecule has 0 aromatic carbocycles. The minimum absolute atomic E-state index is 0.115. The molecule has 1 amide bonds. The summed E-state index contributed by atoms with van der Waals surface area (Å²) in [5.41, 5.74) is 6.16. The lowest BCUT2D eigenvalue weighted by atomic mass is 9.80. The van der Waals surface area contributed by atoms with Gasteiger partial charge in [-0.15, -0.1) is 0 Å². The van der Waals surface area contributed by atoms with Crippen LogP contribution in [0.3, 0.4) is 0 Å². The number of amides is 1. The predicted molar refractivity (Wildman–Crippen MR) is 71.6 cm³/mol. The molecule has 1 unspecified atom stereocenters. The molecule has 1 rings (SSSR count). The highest BCUT2D eigenvalue weighted by Crippen LogP contribution is 2.34. The van der Waals surface area contributed by atoms with Crippen molar-refractivity contribution in [3.63, 3.8) is 0 Å². The molecule has 0 spiro atoms. The molecule has 17 heavy (non-hydrogen) atoms. The highest BCUT2D eigenvalue weighted by Gasteiger charge is 2.37. The molecule has 1 aliphatic rings. The van der Waals surface area contributed by atoms with Crippen molar-refractivity contribution < 1.29 is 4.79 Å². The molecule has 0 aliphatic carbocycles. The minimum atomic E-state index is -0.388. The zero-order valence-electron chi connectivity index (χ0n) is 12.2. The summed E-state index contributed by atoms with van der Waals surface area (Å²) in [6, 6.07) is -0.388. The van der Waals surface area contributed by atoms with Gasteiger partial charge >= 0.3 is 0 Å². The Kier molecular flexibility index (Phi) is 3.92. The van der Waals surface area contributed by atoms with Gasteiger partial charge in [-0.3, -0.25) is 4.79 Å². The summed E-state index contributed by atoms with van der Waals surface area (Å²) in [6.45, 7) is 14.5. The fraction of sp³-hybridized carbons (Fsp3) is 0.929. The number of rotatable bonds is 1. The summed E-state index contributed by atoms with van der Waals surface area (Å²) in [5.74, 6) is 0.711. The molecule has 0 aromatic heterocycles. The third-order valence-corrected chi connectivity index (χ3v) is 3.92. The topological polar surface area (TPSA) is 46.3 Å². The normalized spacial score (nSPS) is 23.9. The summed E-state index contributed by atoms with van der Waals surface area (Å²) in [6.07, 6.45) is 1.10. The van der Waals surface area contributed by atoms with E-state index in [4.69, 9.17) is 5.73 Å². The van der Waals surface area contributed by atoms with Crippen LogP contribution >= 0.6 is 0 Å². The van der Waals surface area contributed by atoms with Crippen LogP contribution in [0.2, 0.25) is 0 Å². The Labute approximate surface area is 106 Å². The van der Waals surface area contributed by atoms with Gasteiger partial charge in [-0.05, 0) is 23.2 Å².